The third-order valence-corrected chi connectivity index (χ3v) is 5.03. The van der Waals surface area contributed by atoms with E-state index in [1.54, 1.807) is 0 Å². The van der Waals surface area contributed by atoms with Gasteiger partial charge in [0, 0.05) is 24.2 Å². The summed E-state index contributed by atoms with van der Waals surface area (Å²) in [5, 5.41) is 3.27. The molecule has 0 saturated heterocycles. The van der Waals surface area contributed by atoms with Crippen LogP contribution in [0.5, 0.6) is 5.75 Å². The first-order valence-corrected chi connectivity index (χ1v) is 10.1. The fraction of sp³-hybridized carbons (Fsp3) is 0.350. The van der Waals surface area contributed by atoms with Gasteiger partial charge in [0.2, 0.25) is 0 Å². The fourth-order valence-electron chi connectivity index (χ4n) is 2.32. The van der Waals surface area contributed by atoms with Gasteiger partial charge < -0.3 is 15.0 Å². The van der Waals surface area contributed by atoms with Gasteiger partial charge in [-0.3, -0.25) is 9.20 Å². The number of aliphatic imine (C=N–C) groups is 1. The molecule has 0 amide bonds. The minimum atomic E-state index is -1.03. The molecule has 5 nitrogen and oxygen atoms in total. The van der Waals surface area contributed by atoms with Gasteiger partial charge in [-0.05, 0) is 31.2 Å². The van der Waals surface area contributed by atoms with Crippen LogP contribution in [0.1, 0.15) is 6.92 Å². The summed E-state index contributed by atoms with van der Waals surface area (Å²) in [6.45, 7) is 4.60. The van der Waals surface area contributed by atoms with E-state index in [1.807, 2.05) is 79.5 Å². The molecule has 0 spiro atoms. The Bertz CT molecular complexity index is 693. The number of nitrogens with zero attached hydrogens (tertiary/aromatic N) is 2. The van der Waals surface area contributed by atoms with Crippen LogP contribution in [0.25, 0.3) is 0 Å². The average Bonchev–Trinajstić information content (AvgIpc) is 2.68. The number of hydrogen-bond acceptors (Lipinski definition) is 3. The van der Waals surface area contributed by atoms with Crippen molar-refractivity contribution in [3.05, 3.63) is 60.7 Å². The molecule has 0 aliphatic heterocycles. The number of nitrogens with one attached hydrogen (secondary N) is 1. The second-order valence-corrected chi connectivity index (χ2v) is 7.25. The number of likely N-dealkylation sites (N-methyl/N-ethyl adjacent to an activating group) is 1. The van der Waals surface area contributed by atoms with Crippen molar-refractivity contribution >= 4 is 16.8 Å². The molecular formula is C20H27N3O2S. The maximum absolute atomic E-state index is 12.3. The molecule has 2 aromatic rings. The van der Waals surface area contributed by atoms with E-state index in [0.29, 0.717) is 25.4 Å². The largest absolute Gasteiger partial charge is 0.492 e. The van der Waals surface area contributed by atoms with Crippen molar-refractivity contribution in [1.82, 2.24) is 10.2 Å². The smallest absolute Gasteiger partial charge is 0.193 e. The van der Waals surface area contributed by atoms with E-state index >= 15 is 0 Å². The average molecular weight is 374 g/mol. The highest BCUT2D eigenvalue weighted by molar-refractivity contribution is 7.85. The SMILES string of the molecule is CCNC(=NCCS(=O)c1ccccc1)N(C)CCOc1ccccc1. The lowest BCUT2D eigenvalue weighted by atomic mass is 10.3. The Hall–Kier alpha value is -2.34. The molecule has 1 N–H and O–H groups in total. The molecule has 0 aromatic heterocycles. The zero-order chi connectivity index (χ0) is 18.6. The standard InChI is InChI=1S/C20H27N3O2S/c1-3-21-20(22-14-17-26(24)19-12-8-5-9-13-19)23(2)15-16-25-18-10-6-4-7-11-18/h4-13H,3,14-17H2,1-2H3,(H,21,22). The molecule has 26 heavy (non-hydrogen) atoms. The van der Waals surface area contributed by atoms with Crippen LogP contribution in [0.15, 0.2) is 70.6 Å². The fourth-order valence-corrected chi connectivity index (χ4v) is 3.27. The zero-order valence-electron chi connectivity index (χ0n) is 15.4. The number of rotatable bonds is 9. The Kier molecular flexibility index (Phi) is 8.69. The summed E-state index contributed by atoms with van der Waals surface area (Å²) in [7, 11) is 0.951. The minimum absolute atomic E-state index is 0.507. The molecule has 0 heterocycles. The van der Waals surface area contributed by atoms with Gasteiger partial charge in [-0.25, -0.2) is 0 Å². The number of guanidine groups is 1. The van der Waals surface area contributed by atoms with Crippen molar-refractivity contribution in [1.29, 1.82) is 0 Å². The van der Waals surface area contributed by atoms with Crippen molar-refractivity contribution in [3.63, 3.8) is 0 Å². The van der Waals surface area contributed by atoms with Crippen molar-refractivity contribution in [2.24, 2.45) is 4.99 Å². The van der Waals surface area contributed by atoms with Crippen LogP contribution in [-0.2, 0) is 10.8 Å². The molecule has 0 aliphatic rings. The molecule has 1 unspecified atom stereocenters. The van der Waals surface area contributed by atoms with E-state index in [2.05, 4.69) is 10.3 Å². The summed E-state index contributed by atoms with van der Waals surface area (Å²) < 4.78 is 18.0. The summed E-state index contributed by atoms with van der Waals surface area (Å²) >= 11 is 0. The first kappa shape index (κ1) is 20.0. The van der Waals surface area contributed by atoms with E-state index in [1.165, 1.54) is 0 Å². The van der Waals surface area contributed by atoms with E-state index < -0.39 is 10.8 Å². The molecule has 0 radical (unpaired) electrons. The normalized spacial score (nSPS) is 12.5. The quantitative estimate of drug-likeness (QED) is 0.542. The van der Waals surface area contributed by atoms with Gasteiger partial charge in [-0.1, -0.05) is 36.4 Å². The maximum Gasteiger partial charge on any atom is 0.193 e. The monoisotopic (exact) mass is 373 g/mol. The highest BCUT2D eigenvalue weighted by Crippen LogP contribution is 2.08. The topological polar surface area (TPSA) is 53.9 Å². The highest BCUT2D eigenvalue weighted by atomic mass is 32.2. The second-order valence-electron chi connectivity index (χ2n) is 5.68. The van der Waals surface area contributed by atoms with Gasteiger partial charge >= 0.3 is 0 Å². The van der Waals surface area contributed by atoms with E-state index in [0.717, 1.165) is 23.1 Å². The summed E-state index contributed by atoms with van der Waals surface area (Å²) in [5.41, 5.74) is 0. The lowest BCUT2D eigenvalue weighted by Gasteiger charge is -2.22. The Morgan fingerprint density at radius 1 is 1.12 bits per heavy atom. The van der Waals surface area contributed by atoms with Crippen LogP contribution in [0.3, 0.4) is 0 Å². The van der Waals surface area contributed by atoms with E-state index in [4.69, 9.17) is 4.74 Å². The molecule has 1 atom stereocenters. The van der Waals surface area contributed by atoms with Gasteiger partial charge in [0.05, 0.1) is 23.9 Å². The number of ether oxygens (including phenoxy) is 1. The van der Waals surface area contributed by atoms with Crippen LogP contribution in [-0.4, -0.2) is 54.1 Å². The van der Waals surface area contributed by atoms with Crippen LogP contribution in [0, 0.1) is 0 Å². The maximum atomic E-state index is 12.3. The van der Waals surface area contributed by atoms with Crippen LogP contribution in [0.4, 0.5) is 0 Å². The number of benzene rings is 2. The predicted molar refractivity (Wildman–Crippen MR) is 108 cm³/mol. The summed E-state index contributed by atoms with van der Waals surface area (Å²) in [4.78, 5) is 7.46. The van der Waals surface area contributed by atoms with Crippen molar-refractivity contribution in [3.8, 4) is 5.75 Å². The second kappa shape index (κ2) is 11.3. The highest BCUT2D eigenvalue weighted by Gasteiger charge is 2.07. The summed E-state index contributed by atoms with van der Waals surface area (Å²) in [6.07, 6.45) is 0. The molecule has 0 saturated carbocycles. The Morgan fingerprint density at radius 2 is 1.77 bits per heavy atom. The third-order valence-electron chi connectivity index (χ3n) is 3.68. The van der Waals surface area contributed by atoms with E-state index in [9.17, 15) is 4.21 Å². The molecule has 6 heteroatoms. The van der Waals surface area contributed by atoms with Crippen molar-refractivity contribution in [2.45, 2.75) is 11.8 Å². The first-order valence-electron chi connectivity index (χ1n) is 8.81. The van der Waals surface area contributed by atoms with Crippen LogP contribution in [0.2, 0.25) is 0 Å². The summed E-state index contributed by atoms with van der Waals surface area (Å²) in [5.74, 6) is 2.17. The van der Waals surface area contributed by atoms with E-state index in [-0.39, 0.29) is 0 Å². The predicted octanol–water partition coefficient (Wildman–Crippen LogP) is 2.77. The lowest BCUT2D eigenvalue weighted by Crippen LogP contribution is -2.41. The molecular weight excluding hydrogens is 346 g/mol. The number of hydrogen-bond donors (Lipinski definition) is 1. The van der Waals surface area contributed by atoms with Gasteiger partial charge in [0.1, 0.15) is 12.4 Å². The Balaban J connectivity index is 1.81. The summed E-state index contributed by atoms with van der Waals surface area (Å²) in [6, 6.07) is 19.3. The van der Waals surface area contributed by atoms with Crippen LogP contribution < -0.4 is 10.1 Å². The molecule has 2 aromatic carbocycles. The third kappa shape index (κ3) is 6.88. The molecule has 0 bridgehead atoms. The van der Waals surface area contributed by atoms with Gasteiger partial charge in [0.15, 0.2) is 5.96 Å². The zero-order valence-corrected chi connectivity index (χ0v) is 16.2. The van der Waals surface area contributed by atoms with Crippen molar-refractivity contribution < 1.29 is 8.95 Å². The van der Waals surface area contributed by atoms with Gasteiger partial charge in [0.25, 0.3) is 0 Å². The first-order chi connectivity index (χ1) is 12.7. The Morgan fingerprint density at radius 3 is 2.42 bits per heavy atom. The molecule has 2 rings (SSSR count). The molecule has 0 aliphatic carbocycles. The lowest BCUT2D eigenvalue weighted by molar-refractivity contribution is 0.281. The van der Waals surface area contributed by atoms with Gasteiger partial charge in [-0.15, -0.1) is 0 Å². The minimum Gasteiger partial charge on any atom is -0.492 e. The van der Waals surface area contributed by atoms with Crippen LogP contribution >= 0.6 is 0 Å². The van der Waals surface area contributed by atoms with Crippen molar-refractivity contribution in [2.75, 3.05) is 39.0 Å². The Labute approximate surface area is 158 Å². The number of para-hydroxylation sites is 1. The molecule has 140 valence electrons. The molecule has 0 fully saturated rings. The van der Waals surface area contributed by atoms with Gasteiger partial charge in [-0.2, -0.15) is 0 Å².